The van der Waals surface area contributed by atoms with Crippen molar-refractivity contribution in [3.8, 4) is 5.75 Å². The molecule has 2 aromatic carbocycles. The molecule has 4 heteroatoms. The topological polar surface area (TPSA) is 41.6 Å². The van der Waals surface area contributed by atoms with E-state index in [1.165, 1.54) is 24.9 Å². The number of amides is 1. The van der Waals surface area contributed by atoms with Crippen molar-refractivity contribution in [2.24, 2.45) is 0 Å². The maximum absolute atomic E-state index is 12.4. The van der Waals surface area contributed by atoms with Gasteiger partial charge in [-0.15, -0.1) is 0 Å². The lowest BCUT2D eigenvalue weighted by molar-refractivity contribution is 0.102. The zero-order valence-corrected chi connectivity index (χ0v) is 14.1. The highest BCUT2D eigenvalue weighted by molar-refractivity contribution is 6.04. The predicted molar refractivity (Wildman–Crippen MR) is 98.1 cm³/mol. The monoisotopic (exact) mass is 324 g/mol. The molecule has 1 N–H and O–H groups in total. The van der Waals surface area contributed by atoms with Crippen LogP contribution in [-0.2, 0) is 0 Å². The summed E-state index contributed by atoms with van der Waals surface area (Å²) in [5, 5.41) is 2.92. The van der Waals surface area contributed by atoms with E-state index >= 15 is 0 Å². The second-order valence-electron chi connectivity index (χ2n) is 6.01. The summed E-state index contributed by atoms with van der Waals surface area (Å²) in [6.45, 7) is 4.76. The third kappa shape index (κ3) is 4.07. The van der Waals surface area contributed by atoms with E-state index < -0.39 is 0 Å². The molecule has 0 unspecified atom stereocenters. The second kappa shape index (κ2) is 7.86. The number of hydrogen-bond acceptors (Lipinski definition) is 3. The van der Waals surface area contributed by atoms with E-state index in [9.17, 15) is 4.79 Å². The fourth-order valence-electron chi connectivity index (χ4n) is 3.01. The lowest BCUT2D eigenvalue weighted by Gasteiger charge is -2.28. The van der Waals surface area contributed by atoms with Gasteiger partial charge in [-0.25, -0.2) is 0 Å². The predicted octanol–water partition coefficient (Wildman–Crippen LogP) is 4.33. The normalized spacial score (nSPS) is 14.3. The van der Waals surface area contributed by atoms with Crippen LogP contribution < -0.4 is 15.0 Å². The van der Waals surface area contributed by atoms with Crippen molar-refractivity contribution in [2.45, 2.75) is 26.2 Å². The molecule has 1 saturated heterocycles. The summed E-state index contributed by atoms with van der Waals surface area (Å²) in [6, 6.07) is 15.3. The molecule has 1 fully saturated rings. The maximum Gasteiger partial charge on any atom is 0.255 e. The molecule has 3 rings (SSSR count). The smallest absolute Gasteiger partial charge is 0.255 e. The quantitative estimate of drug-likeness (QED) is 0.890. The van der Waals surface area contributed by atoms with E-state index in [1.54, 1.807) is 0 Å². The van der Waals surface area contributed by atoms with Crippen LogP contribution in [0.15, 0.2) is 48.5 Å². The second-order valence-corrected chi connectivity index (χ2v) is 6.01. The Balaban J connectivity index is 1.65. The molecule has 1 aliphatic rings. The molecule has 2 aromatic rings. The molecule has 0 atom stereocenters. The van der Waals surface area contributed by atoms with Gasteiger partial charge in [0, 0.05) is 36.1 Å². The minimum atomic E-state index is -0.103. The van der Waals surface area contributed by atoms with Gasteiger partial charge in [0.25, 0.3) is 5.91 Å². The Kier molecular flexibility index (Phi) is 5.36. The van der Waals surface area contributed by atoms with E-state index in [0.29, 0.717) is 12.2 Å². The van der Waals surface area contributed by atoms with Gasteiger partial charge in [0.1, 0.15) is 5.75 Å². The molecule has 0 spiro atoms. The lowest BCUT2D eigenvalue weighted by Crippen LogP contribution is -2.29. The van der Waals surface area contributed by atoms with Crippen LogP contribution in [0.1, 0.15) is 36.5 Å². The SMILES string of the molecule is CCOc1cccc(NC(=O)c2ccc(N3CCCCC3)cc2)c1. The zero-order chi connectivity index (χ0) is 16.8. The molecule has 126 valence electrons. The average Bonchev–Trinajstić information content (AvgIpc) is 2.63. The van der Waals surface area contributed by atoms with Crippen LogP contribution in [0.3, 0.4) is 0 Å². The number of ether oxygens (including phenoxy) is 1. The Labute approximate surface area is 143 Å². The average molecular weight is 324 g/mol. The third-order valence-electron chi connectivity index (χ3n) is 4.25. The molecular formula is C20H24N2O2. The third-order valence-corrected chi connectivity index (χ3v) is 4.25. The number of nitrogens with one attached hydrogen (secondary N) is 1. The van der Waals surface area contributed by atoms with Gasteiger partial charge in [0.2, 0.25) is 0 Å². The number of benzene rings is 2. The van der Waals surface area contributed by atoms with Crippen molar-refractivity contribution in [2.75, 3.05) is 29.9 Å². The van der Waals surface area contributed by atoms with Gasteiger partial charge in [-0.3, -0.25) is 4.79 Å². The summed E-state index contributed by atoms with van der Waals surface area (Å²) >= 11 is 0. The van der Waals surface area contributed by atoms with E-state index in [-0.39, 0.29) is 5.91 Å². The van der Waals surface area contributed by atoms with Gasteiger partial charge in [0.05, 0.1) is 6.61 Å². The molecule has 24 heavy (non-hydrogen) atoms. The number of piperidine rings is 1. The summed E-state index contributed by atoms with van der Waals surface area (Å²) in [7, 11) is 0. The first kappa shape index (κ1) is 16.4. The summed E-state index contributed by atoms with van der Waals surface area (Å²) < 4.78 is 5.46. The van der Waals surface area contributed by atoms with Gasteiger partial charge >= 0.3 is 0 Å². The first-order chi connectivity index (χ1) is 11.8. The standard InChI is InChI=1S/C20H24N2O2/c1-2-24-19-8-6-7-17(15-19)21-20(23)16-9-11-18(12-10-16)22-13-4-3-5-14-22/h6-12,15H,2-5,13-14H2,1H3,(H,21,23). The Hall–Kier alpha value is -2.49. The summed E-state index contributed by atoms with van der Waals surface area (Å²) in [6.07, 6.45) is 3.81. The van der Waals surface area contributed by atoms with Crippen molar-refractivity contribution >= 4 is 17.3 Å². The molecule has 0 bridgehead atoms. The highest BCUT2D eigenvalue weighted by atomic mass is 16.5. The number of nitrogens with zero attached hydrogens (tertiary/aromatic N) is 1. The van der Waals surface area contributed by atoms with E-state index in [0.717, 1.165) is 24.5 Å². The van der Waals surface area contributed by atoms with Gasteiger partial charge in [0.15, 0.2) is 0 Å². The van der Waals surface area contributed by atoms with E-state index in [2.05, 4.69) is 10.2 Å². The van der Waals surface area contributed by atoms with Gasteiger partial charge < -0.3 is 15.0 Å². The van der Waals surface area contributed by atoms with Gasteiger partial charge in [-0.05, 0) is 62.6 Å². The first-order valence-corrected chi connectivity index (χ1v) is 8.65. The van der Waals surface area contributed by atoms with E-state index in [4.69, 9.17) is 4.74 Å². The van der Waals surface area contributed by atoms with Crippen LogP contribution in [0.25, 0.3) is 0 Å². The summed E-state index contributed by atoms with van der Waals surface area (Å²) in [4.78, 5) is 14.8. The molecule has 1 amide bonds. The lowest BCUT2D eigenvalue weighted by atomic mass is 10.1. The first-order valence-electron chi connectivity index (χ1n) is 8.65. The molecular weight excluding hydrogens is 300 g/mol. The van der Waals surface area contributed by atoms with Crippen LogP contribution in [0.2, 0.25) is 0 Å². The molecule has 0 radical (unpaired) electrons. The minimum absolute atomic E-state index is 0.103. The van der Waals surface area contributed by atoms with Crippen LogP contribution in [0.5, 0.6) is 5.75 Å². The highest BCUT2D eigenvalue weighted by Gasteiger charge is 2.12. The van der Waals surface area contributed by atoms with Gasteiger partial charge in [-0.1, -0.05) is 6.07 Å². The zero-order valence-electron chi connectivity index (χ0n) is 14.1. The van der Waals surface area contributed by atoms with Crippen LogP contribution >= 0.6 is 0 Å². The summed E-state index contributed by atoms with van der Waals surface area (Å²) in [5.41, 5.74) is 2.60. The number of rotatable bonds is 5. The Morgan fingerprint density at radius 2 is 1.83 bits per heavy atom. The van der Waals surface area contributed by atoms with Crippen LogP contribution in [0, 0.1) is 0 Å². The van der Waals surface area contributed by atoms with Crippen molar-refractivity contribution in [1.82, 2.24) is 0 Å². The largest absolute Gasteiger partial charge is 0.494 e. The number of hydrogen-bond donors (Lipinski definition) is 1. The maximum atomic E-state index is 12.4. The van der Waals surface area contributed by atoms with Crippen LogP contribution in [-0.4, -0.2) is 25.6 Å². The number of carbonyl (C=O) groups is 1. The van der Waals surface area contributed by atoms with Crippen molar-refractivity contribution in [3.05, 3.63) is 54.1 Å². The molecule has 4 nitrogen and oxygen atoms in total. The minimum Gasteiger partial charge on any atom is -0.494 e. The number of anilines is 2. The fourth-order valence-corrected chi connectivity index (χ4v) is 3.01. The molecule has 0 saturated carbocycles. The van der Waals surface area contributed by atoms with Crippen LogP contribution in [0.4, 0.5) is 11.4 Å². The molecule has 0 aromatic heterocycles. The van der Waals surface area contributed by atoms with E-state index in [1.807, 2.05) is 55.5 Å². The Bertz CT molecular complexity index is 676. The van der Waals surface area contributed by atoms with Gasteiger partial charge in [-0.2, -0.15) is 0 Å². The molecule has 1 heterocycles. The van der Waals surface area contributed by atoms with Crippen molar-refractivity contribution < 1.29 is 9.53 Å². The fraction of sp³-hybridized carbons (Fsp3) is 0.350. The summed E-state index contributed by atoms with van der Waals surface area (Å²) in [5.74, 6) is 0.657. The number of carbonyl (C=O) groups excluding carboxylic acids is 1. The van der Waals surface area contributed by atoms with Crippen molar-refractivity contribution in [3.63, 3.8) is 0 Å². The highest BCUT2D eigenvalue weighted by Crippen LogP contribution is 2.21. The molecule has 1 aliphatic heterocycles. The Morgan fingerprint density at radius 1 is 1.08 bits per heavy atom. The Morgan fingerprint density at radius 3 is 2.54 bits per heavy atom. The van der Waals surface area contributed by atoms with Crippen molar-refractivity contribution in [1.29, 1.82) is 0 Å². The molecule has 0 aliphatic carbocycles.